The molecule has 0 fully saturated rings. The van der Waals surface area contributed by atoms with Crippen molar-refractivity contribution in [1.29, 1.82) is 0 Å². The summed E-state index contributed by atoms with van der Waals surface area (Å²) in [7, 11) is 0. The summed E-state index contributed by atoms with van der Waals surface area (Å²) in [5, 5.41) is 2.46. The Bertz CT molecular complexity index is 3060. The second-order valence-corrected chi connectivity index (χ2v) is 14.9. The van der Waals surface area contributed by atoms with Crippen LogP contribution in [0, 0.1) is 0 Å². The van der Waals surface area contributed by atoms with Crippen LogP contribution in [0.2, 0.25) is 0 Å². The van der Waals surface area contributed by atoms with Gasteiger partial charge in [0.05, 0.1) is 33.5 Å². The minimum Gasteiger partial charge on any atom is -0.457 e. The average Bonchev–Trinajstić information content (AvgIpc) is 3.77. The molecule has 0 saturated heterocycles. The molecule has 0 bridgehead atoms. The minimum absolute atomic E-state index is 0.634. The molecule has 2 aromatic heterocycles. The molecule has 1 spiro atoms. The van der Waals surface area contributed by atoms with Gasteiger partial charge < -0.3 is 9.30 Å². The van der Waals surface area contributed by atoms with E-state index >= 15 is 0 Å². The van der Waals surface area contributed by atoms with E-state index in [2.05, 4.69) is 193 Å². The van der Waals surface area contributed by atoms with E-state index in [4.69, 9.17) is 14.7 Å². The van der Waals surface area contributed by atoms with Gasteiger partial charge in [-0.2, -0.15) is 0 Å². The molecule has 0 radical (unpaired) electrons. The van der Waals surface area contributed by atoms with Crippen molar-refractivity contribution in [2.45, 2.75) is 5.41 Å². The summed E-state index contributed by atoms with van der Waals surface area (Å²) in [6.07, 6.45) is 0. The molecule has 1 aliphatic heterocycles. The van der Waals surface area contributed by atoms with E-state index in [0.717, 1.165) is 62.0 Å². The average molecular weight is 728 g/mol. The van der Waals surface area contributed by atoms with E-state index in [1.54, 1.807) is 0 Å². The van der Waals surface area contributed by atoms with Crippen LogP contribution in [0.1, 0.15) is 22.3 Å². The maximum atomic E-state index is 6.69. The van der Waals surface area contributed by atoms with Crippen molar-refractivity contribution in [1.82, 2.24) is 14.5 Å². The number of nitrogens with zero attached hydrogens (tertiary/aromatic N) is 3. The molecule has 8 aromatic carbocycles. The summed E-state index contributed by atoms with van der Waals surface area (Å²) in [4.78, 5) is 10.5. The molecule has 0 unspecified atom stereocenters. The van der Waals surface area contributed by atoms with Gasteiger partial charge in [-0.3, -0.25) is 0 Å². The maximum Gasteiger partial charge on any atom is 0.160 e. The first-order valence-electron chi connectivity index (χ1n) is 19.4. The fraction of sp³-hybridized carbons (Fsp3) is 0.0189. The van der Waals surface area contributed by atoms with E-state index in [1.165, 1.54) is 38.5 Å². The number of rotatable bonds is 4. The van der Waals surface area contributed by atoms with E-state index in [9.17, 15) is 0 Å². The predicted octanol–water partition coefficient (Wildman–Crippen LogP) is 13.0. The first-order valence-corrected chi connectivity index (χ1v) is 19.4. The highest BCUT2D eigenvalue weighted by Crippen LogP contribution is 2.63. The van der Waals surface area contributed by atoms with Crippen molar-refractivity contribution in [2.75, 3.05) is 0 Å². The van der Waals surface area contributed by atoms with Crippen LogP contribution in [0.25, 0.3) is 72.5 Å². The monoisotopic (exact) mass is 727 g/mol. The second-order valence-electron chi connectivity index (χ2n) is 14.9. The van der Waals surface area contributed by atoms with Crippen molar-refractivity contribution in [3.05, 3.63) is 222 Å². The third kappa shape index (κ3) is 4.56. The molecule has 10 aromatic rings. The lowest BCUT2D eigenvalue weighted by molar-refractivity contribution is 0.436. The third-order valence-corrected chi connectivity index (χ3v) is 11.9. The Balaban J connectivity index is 1.19. The Morgan fingerprint density at radius 1 is 0.404 bits per heavy atom. The predicted molar refractivity (Wildman–Crippen MR) is 230 cm³/mol. The first-order chi connectivity index (χ1) is 28.3. The molecule has 4 heteroatoms. The van der Waals surface area contributed by atoms with Crippen LogP contribution in [-0.2, 0) is 5.41 Å². The molecule has 0 amide bonds. The van der Waals surface area contributed by atoms with Gasteiger partial charge >= 0.3 is 0 Å². The number of aromatic nitrogens is 3. The molecule has 12 rings (SSSR count). The minimum atomic E-state index is -0.634. The van der Waals surface area contributed by atoms with E-state index in [1.807, 2.05) is 12.1 Å². The van der Waals surface area contributed by atoms with Crippen molar-refractivity contribution in [3.63, 3.8) is 0 Å². The van der Waals surface area contributed by atoms with Crippen LogP contribution < -0.4 is 4.74 Å². The topological polar surface area (TPSA) is 39.9 Å². The molecule has 57 heavy (non-hydrogen) atoms. The van der Waals surface area contributed by atoms with Gasteiger partial charge in [-0.1, -0.05) is 158 Å². The van der Waals surface area contributed by atoms with Crippen LogP contribution in [0.3, 0.4) is 0 Å². The third-order valence-electron chi connectivity index (χ3n) is 11.9. The summed E-state index contributed by atoms with van der Waals surface area (Å²) in [6.45, 7) is 0. The molecule has 0 saturated carbocycles. The normalized spacial score (nSPS) is 13.2. The largest absolute Gasteiger partial charge is 0.457 e. The summed E-state index contributed by atoms with van der Waals surface area (Å²) in [6, 6.07) is 71.1. The van der Waals surface area contributed by atoms with E-state index < -0.39 is 5.41 Å². The molecule has 266 valence electrons. The van der Waals surface area contributed by atoms with Crippen molar-refractivity contribution < 1.29 is 4.74 Å². The number of fused-ring (bicyclic) bond motifs is 12. The quantitative estimate of drug-likeness (QED) is 0.181. The lowest BCUT2D eigenvalue weighted by atomic mass is 9.66. The smallest absolute Gasteiger partial charge is 0.160 e. The van der Waals surface area contributed by atoms with Crippen molar-refractivity contribution in [2.24, 2.45) is 0 Å². The molecule has 0 atom stereocenters. The zero-order valence-electron chi connectivity index (χ0n) is 30.8. The summed E-state index contributed by atoms with van der Waals surface area (Å²) in [5.41, 5.74) is 14.7. The van der Waals surface area contributed by atoms with Crippen LogP contribution in [0.5, 0.6) is 11.5 Å². The highest BCUT2D eigenvalue weighted by atomic mass is 16.5. The summed E-state index contributed by atoms with van der Waals surface area (Å²) < 4.78 is 9.14. The fourth-order valence-corrected chi connectivity index (χ4v) is 9.53. The van der Waals surface area contributed by atoms with E-state index in [0.29, 0.717) is 5.82 Å². The summed E-state index contributed by atoms with van der Waals surface area (Å²) >= 11 is 0. The van der Waals surface area contributed by atoms with Crippen LogP contribution in [0.4, 0.5) is 0 Å². The number of hydrogen-bond acceptors (Lipinski definition) is 3. The van der Waals surface area contributed by atoms with Crippen LogP contribution >= 0.6 is 0 Å². The van der Waals surface area contributed by atoms with Gasteiger partial charge in [-0.25, -0.2) is 9.97 Å². The highest BCUT2D eigenvalue weighted by Gasteiger charge is 2.52. The van der Waals surface area contributed by atoms with Gasteiger partial charge in [-0.15, -0.1) is 0 Å². The fourth-order valence-electron chi connectivity index (χ4n) is 9.53. The van der Waals surface area contributed by atoms with Gasteiger partial charge in [-0.05, 0) is 59.2 Å². The molecule has 3 heterocycles. The van der Waals surface area contributed by atoms with Crippen LogP contribution in [0.15, 0.2) is 200 Å². The standard InChI is InChI=1S/C53H33N3O/c1-3-16-34(17-4-1)44-33-45(35-18-5-2-6-19-35)55-52(54-44)36-30-31-40-39(32-36)51-43(53(40)41-22-9-13-28-49(41)57-50-29-14-10-23-42(50)53)24-15-27-48(51)56-46-25-11-7-20-37(46)38-21-8-12-26-47(38)56/h1-33H. The van der Waals surface area contributed by atoms with Crippen LogP contribution in [-0.4, -0.2) is 14.5 Å². The summed E-state index contributed by atoms with van der Waals surface area (Å²) in [5.74, 6) is 2.42. The highest BCUT2D eigenvalue weighted by molar-refractivity contribution is 6.10. The lowest BCUT2D eigenvalue weighted by Gasteiger charge is -2.39. The Kier molecular flexibility index (Phi) is 6.81. The van der Waals surface area contributed by atoms with Gasteiger partial charge in [0, 0.05) is 44.2 Å². The zero-order valence-corrected chi connectivity index (χ0v) is 30.8. The second kappa shape index (κ2) is 12.2. The van der Waals surface area contributed by atoms with E-state index in [-0.39, 0.29) is 0 Å². The molecule has 1 aliphatic carbocycles. The number of hydrogen-bond donors (Lipinski definition) is 0. The zero-order chi connectivity index (χ0) is 37.5. The molecular formula is C53H33N3O. The maximum absolute atomic E-state index is 6.69. The number of ether oxygens (including phenoxy) is 1. The van der Waals surface area contributed by atoms with Crippen molar-refractivity contribution in [3.8, 4) is 62.2 Å². The Morgan fingerprint density at radius 3 is 1.54 bits per heavy atom. The number of benzene rings is 8. The number of para-hydroxylation sites is 4. The van der Waals surface area contributed by atoms with Gasteiger partial charge in [0.2, 0.25) is 0 Å². The Morgan fingerprint density at radius 2 is 0.930 bits per heavy atom. The first kappa shape index (κ1) is 31.8. The molecular weight excluding hydrogens is 695 g/mol. The molecule has 0 N–H and O–H groups in total. The van der Waals surface area contributed by atoms with Gasteiger partial charge in [0.25, 0.3) is 0 Å². The van der Waals surface area contributed by atoms with Gasteiger partial charge in [0.1, 0.15) is 11.5 Å². The molecule has 2 aliphatic rings. The molecule has 4 nitrogen and oxygen atoms in total. The Hall–Kier alpha value is -7.56. The van der Waals surface area contributed by atoms with Crippen molar-refractivity contribution >= 4 is 21.8 Å². The lowest BCUT2D eigenvalue weighted by Crippen LogP contribution is -2.32. The SMILES string of the molecule is c1ccc(-c2cc(-c3ccccc3)nc(-c3ccc4c(c3)-c3c(-n5c6ccccc6c6ccccc65)cccc3C43c4ccccc4Oc4ccccc43)n2)cc1. The Labute approximate surface area is 330 Å². The van der Waals surface area contributed by atoms with Gasteiger partial charge in [0.15, 0.2) is 5.82 Å².